The molecule has 0 spiro atoms. The van der Waals surface area contributed by atoms with Crippen LogP contribution < -0.4 is 16.0 Å². The molecule has 3 N–H and O–H groups in total. The fourth-order valence-corrected chi connectivity index (χ4v) is 3.86. The largest absolute Gasteiger partial charge is 0.369 e. The summed E-state index contributed by atoms with van der Waals surface area (Å²) in [7, 11) is 0. The number of para-hydroxylation sites is 1. The molecule has 27 heavy (non-hydrogen) atoms. The molecule has 0 unspecified atom stereocenters. The quantitative estimate of drug-likeness (QED) is 0.653. The molecule has 0 atom stereocenters. The highest BCUT2D eigenvalue weighted by molar-refractivity contribution is 7.99. The van der Waals surface area contributed by atoms with Crippen LogP contribution >= 0.6 is 11.8 Å². The SMILES string of the molecule is NC(=O)CSCCC(=O)NCc1ccc(CN2CCc3ccccc32)cc1. The summed E-state index contributed by atoms with van der Waals surface area (Å²) in [5.74, 6) is 0.504. The normalized spacial score (nSPS) is 12.7. The molecular formula is C21H25N3O2S. The number of hydrogen-bond donors (Lipinski definition) is 2. The Morgan fingerprint density at radius 3 is 2.59 bits per heavy atom. The van der Waals surface area contributed by atoms with Crippen molar-refractivity contribution in [3.8, 4) is 0 Å². The number of thioether (sulfide) groups is 1. The average molecular weight is 384 g/mol. The molecular weight excluding hydrogens is 358 g/mol. The van der Waals surface area contributed by atoms with Gasteiger partial charge in [-0.3, -0.25) is 9.59 Å². The van der Waals surface area contributed by atoms with Crippen LogP contribution in [0.1, 0.15) is 23.1 Å². The molecule has 5 nitrogen and oxygen atoms in total. The van der Waals surface area contributed by atoms with Gasteiger partial charge < -0.3 is 16.0 Å². The predicted molar refractivity (Wildman–Crippen MR) is 111 cm³/mol. The van der Waals surface area contributed by atoms with E-state index in [1.165, 1.54) is 28.6 Å². The fourth-order valence-electron chi connectivity index (χ4n) is 3.18. The van der Waals surface area contributed by atoms with E-state index in [1.54, 1.807) is 0 Å². The summed E-state index contributed by atoms with van der Waals surface area (Å²) in [5, 5.41) is 2.91. The number of anilines is 1. The van der Waals surface area contributed by atoms with Gasteiger partial charge in [0.1, 0.15) is 0 Å². The second kappa shape index (κ2) is 9.46. The van der Waals surface area contributed by atoms with E-state index in [2.05, 4.69) is 58.7 Å². The molecule has 0 radical (unpaired) electrons. The van der Waals surface area contributed by atoms with Crippen LogP contribution in [0.3, 0.4) is 0 Å². The van der Waals surface area contributed by atoms with E-state index in [0.29, 0.717) is 18.7 Å². The van der Waals surface area contributed by atoms with Gasteiger partial charge in [-0.2, -0.15) is 11.8 Å². The molecule has 3 rings (SSSR count). The van der Waals surface area contributed by atoms with Crippen LogP contribution in [-0.2, 0) is 29.1 Å². The van der Waals surface area contributed by atoms with E-state index in [0.717, 1.165) is 25.1 Å². The van der Waals surface area contributed by atoms with Crippen molar-refractivity contribution < 1.29 is 9.59 Å². The summed E-state index contributed by atoms with van der Waals surface area (Å²) in [6, 6.07) is 17.0. The molecule has 1 heterocycles. The lowest BCUT2D eigenvalue weighted by Crippen LogP contribution is -2.23. The van der Waals surface area contributed by atoms with Gasteiger partial charge in [0.15, 0.2) is 0 Å². The van der Waals surface area contributed by atoms with Crippen molar-refractivity contribution in [2.75, 3.05) is 23.0 Å². The number of amides is 2. The standard InChI is InChI=1S/C21H25N3O2S/c22-20(25)15-27-12-10-21(26)23-13-16-5-7-17(8-6-16)14-24-11-9-18-3-1-2-4-19(18)24/h1-8H,9-15H2,(H2,22,25)(H,23,26). The van der Waals surface area contributed by atoms with E-state index in [9.17, 15) is 9.59 Å². The van der Waals surface area contributed by atoms with Gasteiger partial charge in [0.25, 0.3) is 0 Å². The zero-order valence-corrected chi connectivity index (χ0v) is 16.1. The molecule has 6 heteroatoms. The van der Waals surface area contributed by atoms with Crippen molar-refractivity contribution >= 4 is 29.3 Å². The number of primary amides is 1. The Hall–Kier alpha value is -2.47. The Kier molecular flexibility index (Phi) is 6.76. The highest BCUT2D eigenvalue weighted by Gasteiger charge is 2.18. The van der Waals surface area contributed by atoms with Crippen molar-refractivity contribution in [3.63, 3.8) is 0 Å². The van der Waals surface area contributed by atoms with Gasteiger partial charge in [0, 0.05) is 37.5 Å². The summed E-state index contributed by atoms with van der Waals surface area (Å²) in [5.41, 5.74) is 10.2. The van der Waals surface area contributed by atoms with Crippen LogP contribution in [0.2, 0.25) is 0 Å². The third kappa shape index (κ3) is 5.76. The smallest absolute Gasteiger partial charge is 0.227 e. The minimum Gasteiger partial charge on any atom is -0.369 e. The van der Waals surface area contributed by atoms with Crippen molar-refractivity contribution in [2.45, 2.75) is 25.9 Å². The van der Waals surface area contributed by atoms with E-state index < -0.39 is 0 Å². The van der Waals surface area contributed by atoms with Crippen LogP contribution in [0.4, 0.5) is 5.69 Å². The van der Waals surface area contributed by atoms with E-state index in [4.69, 9.17) is 5.73 Å². The first-order chi connectivity index (χ1) is 13.1. The van der Waals surface area contributed by atoms with Gasteiger partial charge in [-0.1, -0.05) is 42.5 Å². The number of rotatable bonds is 9. The van der Waals surface area contributed by atoms with Crippen molar-refractivity contribution in [1.82, 2.24) is 5.32 Å². The number of benzene rings is 2. The summed E-state index contributed by atoms with van der Waals surface area (Å²) in [4.78, 5) is 24.9. The summed E-state index contributed by atoms with van der Waals surface area (Å²) >= 11 is 1.38. The van der Waals surface area contributed by atoms with Gasteiger partial charge in [0.05, 0.1) is 5.75 Å². The molecule has 2 aromatic rings. The molecule has 0 aliphatic carbocycles. The second-order valence-corrected chi connectivity index (χ2v) is 7.77. The van der Waals surface area contributed by atoms with E-state index in [1.807, 2.05) is 0 Å². The van der Waals surface area contributed by atoms with Gasteiger partial charge >= 0.3 is 0 Å². The lowest BCUT2D eigenvalue weighted by Gasteiger charge is -2.19. The van der Waals surface area contributed by atoms with Gasteiger partial charge in [0.2, 0.25) is 11.8 Å². The molecule has 1 aliphatic rings. The van der Waals surface area contributed by atoms with Crippen molar-refractivity contribution in [3.05, 3.63) is 65.2 Å². The van der Waals surface area contributed by atoms with Crippen LogP contribution in [0.5, 0.6) is 0 Å². The minimum absolute atomic E-state index is 0.00952. The lowest BCUT2D eigenvalue weighted by molar-refractivity contribution is -0.121. The number of nitrogens with two attached hydrogens (primary N) is 1. The van der Waals surface area contributed by atoms with Gasteiger partial charge in [-0.15, -0.1) is 0 Å². The summed E-state index contributed by atoms with van der Waals surface area (Å²) in [6.45, 7) is 2.48. The van der Waals surface area contributed by atoms with Gasteiger partial charge in [-0.25, -0.2) is 0 Å². The summed E-state index contributed by atoms with van der Waals surface area (Å²) < 4.78 is 0. The Morgan fingerprint density at radius 1 is 1.07 bits per heavy atom. The molecule has 0 saturated carbocycles. The zero-order chi connectivity index (χ0) is 19.1. The Labute approximate surface area is 164 Å². The fraction of sp³-hybridized carbons (Fsp3) is 0.333. The minimum atomic E-state index is -0.349. The highest BCUT2D eigenvalue weighted by atomic mass is 32.2. The molecule has 1 aliphatic heterocycles. The lowest BCUT2D eigenvalue weighted by atomic mass is 10.1. The Bertz CT molecular complexity index is 792. The Morgan fingerprint density at radius 2 is 1.81 bits per heavy atom. The molecule has 2 aromatic carbocycles. The van der Waals surface area contributed by atoms with E-state index in [-0.39, 0.29) is 17.6 Å². The first-order valence-electron chi connectivity index (χ1n) is 9.15. The number of carbonyl (C=O) groups excluding carboxylic acids is 2. The second-order valence-electron chi connectivity index (χ2n) is 6.66. The predicted octanol–water partition coefficient (Wildman–Crippen LogP) is 2.47. The number of hydrogen-bond acceptors (Lipinski definition) is 4. The zero-order valence-electron chi connectivity index (χ0n) is 15.3. The number of fused-ring (bicyclic) bond motifs is 1. The van der Waals surface area contributed by atoms with Crippen LogP contribution in [0.25, 0.3) is 0 Å². The maximum absolute atomic E-state index is 11.8. The first-order valence-corrected chi connectivity index (χ1v) is 10.3. The highest BCUT2D eigenvalue weighted by Crippen LogP contribution is 2.28. The molecule has 2 amide bonds. The number of nitrogens with one attached hydrogen (secondary N) is 1. The van der Waals surface area contributed by atoms with Crippen molar-refractivity contribution in [2.24, 2.45) is 5.73 Å². The maximum atomic E-state index is 11.8. The van der Waals surface area contributed by atoms with Crippen LogP contribution in [0, 0.1) is 0 Å². The molecule has 0 aromatic heterocycles. The first kappa shape index (κ1) is 19.3. The molecule has 142 valence electrons. The number of carbonyl (C=O) groups is 2. The molecule has 0 fully saturated rings. The third-order valence-corrected chi connectivity index (χ3v) is 5.57. The summed E-state index contributed by atoms with van der Waals surface area (Å²) in [6.07, 6.45) is 1.50. The average Bonchev–Trinajstić information content (AvgIpc) is 3.07. The van der Waals surface area contributed by atoms with E-state index >= 15 is 0 Å². The Balaban J connectivity index is 1.43. The van der Waals surface area contributed by atoms with Crippen LogP contribution in [0.15, 0.2) is 48.5 Å². The third-order valence-electron chi connectivity index (χ3n) is 4.59. The van der Waals surface area contributed by atoms with Crippen LogP contribution in [-0.4, -0.2) is 29.9 Å². The number of nitrogens with zero attached hydrogens (tertiary/aromatic N) is 1. The topological polar surface area (TPSA) is 75.4 Å². The van der Waals surface area contributed by atoms with Gasteiger partial charge in [-0.05, 0) is 29.2 Å². The van der Waals surface area contributed by atoms with Crippen molar-refractivity contribution in [1.29, 1.82) is 0 Å². The monoisotopic (exact) mass is 383 g/mol. The molecule has 0 bridgehead atoms. The maximum Gasteiger partial charge on any atom is 0.227 e. The molecule has 0 saturated heterocycles.